The Hall–Kier alpha value is -2.16. The molecular formula is C12H10N2O. The van der Waals surface area contributed by atoms with E-state index in [1.165, 1.54) is 0 Å². The maximum atomic E-state index is 10.7. The minimum Gasteiger partial charge on any atom is -0.340 e. The van der Waals surface area contributed by atoms with E-state index in [2.05, 4.69) is 10.3 Å². The SMILES string of the molecule is O=Cc1cccnc1Nc1ccccc1. The van der Waals surface area contributed by atoms with Gasteiger partial charge in [0.1, 0.15) is 5.82 Å². The molecule has 1 heterocycles. The van der Waals surface area contributed by atoms with Crippen molar-refractivity contribution in [3.63, 3.8) is 0 Å². The molecule has 74 valence electrons. The van der Waals surface area contributed by atoms with Crippen molar-refractivity contribution < 1.29 is 4.79 Å². The van der Waals surface area contributed by atoms with Crippen molar-refractivity contribution in [2.24, 2.45) is 0 Å². The smallest absolute Gasteiger partial charge is 0.153 e. The van der Waals surface area contributed by atoms with Crippen molar-refractivity contribution in [2.75, 3.05) is 5.32 Å². The summed E-state index contributed by atoms with van der Waals surface area (Å²) in [6.07, 6.45) is 2.44. The van der Waals surface area contributed by atoms with Gasteiger partial charge >= 0.3 is 0 Å². The number of pyridine rings is 1. The molecule has 15 heavy (non-hydrogen) atoms. The van der Waals surface area contributed by atoms with Crippen LogP contribution in [-0.4, -0.2) is 11.3 Å². The number of anilines is 2. The van der Waals surface area contributed by atoms with Gasteiger partial charge in [0.25, 0.3) is 0 Å². The Morgan fingerprint density at radius 1 is 1.07 bits per heavy atom. The zero-order chi connectivity index (χ0) is 10.5. The third-order valence-corrected chi connectivity index (χ3v) is 2.00. The van der Waals surface area contributed by atoms with E-state index in [4.69, 9.17) is 0 Å². The van der Waals surface area contributed by atoms with Gasteiger partial charge in [0.2, 0.25) is 0 Å². The molecule has 0 fully saturated rings. The first-order chi connectivity index (χ1) is 7.40. The highest BCUT2D eigenvalue weighted by molar-refractivity contribution is 5.83. The lowest BCUT2D eigenvalue weighted by Crippen LogP contribution is -1.97. The number of benzene rings is 1. The number of nitrogens with zero attached hydrogens (tertiary/aromatic N) is 1. The summed E-state index contributed by atoms with van der Waals surface area (Å²) < 4.78 is 0. The highest BCUT2D eigenvalue weighted by atomic mass is 16.1. The van der Waals surface area contributed by atoms with Crippen molar-refractivity contribution >= 4 is 17.8 Å². The number of carbonyl (C=O) groups is 1. The van der Waals surface area contributed by atoms with Crippen molar-refractivity contribution in [3.05, 3.63) is 54.2 Å². The van der Waals surface area contributed by atoms with Gasteiger partial charge in [-0.25, -0.2) is 4.98 Å². The quantitative estimate of drug-likeness (QED) is 0.771. The first kappa shape index (κ1) is 9.40. The van der Waals surface area contributed by atoms with E-state index in [0.29, 0.717) is 11.4 Å². The van der Waals surface area contributed by atoms with E-state index in [1.54, 1.807) is 18.3 Å². The summed E-state index contributed by atoms with van der Waals surface area (Å²) >= 11 is 0. The zero-order valence-corrected chi connectivity index (χ0v) is 8.05. The molecule has 3 nitrogen and oxygen atoms in total. The molecule has 0 amide bonds. The Balaban J connectivity index is 2.28. The summed E-state index contributed by atoms with van der Waals surface area (Å²) in [5.41, 5.74) is 1.47. The van der Waals surface area contributed by atoms with Crippen LogP contribution < -0.4 is 5.32 Å². The monoisotopic (exact) mass is 198 g/mol. The van der Waals surface area contributed by atoms with Crippen molar-refractivity contribution in [1.82, 2.24) is 4.98 Å². The first-order valence-electron chi connectivity index (χ1n) is 4.62. The molecule has 0 saturated carbocycles. The molecule has 2 rings (SSSR count). The maximum absolute atomic E-state index is 10.7. The van der Waals surface area contributed by atoms with Crippen LogP contribution in [0, 0.1) is 0 Å². The normalized spacial score (nSPS) is 9.60. The van der Waals surface area contributed by atoms with E-state index < -0.39 is 0 Å². The van der Waals surface area contributed by atoms with Gasteiger partial charge in [0.05, 0.1) is 5.56 Å². The molecule has 0 saturated heterocycles. The molecule has 0 aliphatic carbocycles. The second-order valence-corrected chi connectivity index (χ2v) is 3.05. The predicted octanol–water partition coefficient (Wildman–Crippen LogP) is 2.64. The molecule has 1 N–H and O–H groups in total. The second kappa shape index (κ2) is 4.37. The zero-order valence-electron chi connectivity index (χ0n) is 8.05. The number of para-hydroxylation sites is 1. The van der Waals surface area contributed by atoms with Crippen LogP contribution in [-0.2, 0) is 0 Å². The molecule has 3 heteroatoms. The van der Waals surface area contributed by atoms with Gasteiger partial charge < -0.3 is 5.32 Å². The maximum Gasteiger partial charge on any atom is 0.153 e. The van der Waals surface area contributed by atoms with E-state index in [1.807, 2.05) is 30.3 Å². The fourth-order valence-electron chi connectivity index (χ4n) is 1.28. The molecule has 0 aliphatic heterocycles. The number of aromatic nitrogens is 1. The van der Waals surface area contributed by atoms with Gasteiger partial charge in [0, 0.05) is 11.9 Å². The van der Waals surface area contributed by atoms with E-state index in [0.717, 1.165) is 12.0 Å². The summed E-state index contributed by atoms with van der Waals surface area (Å²) in [6, 6.07) is 13.1. The Labute approximate surface area is 87.8 Å². The van der Waals surface area contributed by atoms with Gasteiger partial charge in [-0.05, 0) is 24.3 Å². The van der Waals surface area contributed by atoms with Crippen LogP contribution in [0.25, 0.3) is 0 Å². The van der Waals surface area contributed by atoms with Crippen molar-refractivity contribution in [3.8, 4) is 0 Å². The van der Waals surface area contributed by atoms with Crippen LogP contribution in [0.1, 0.15) is 10.4 Å². The second-order valence-electron chi connectivity index (χ2n) is 3.05. The predicted molar refractivity (Wildman–Crippen MR) is 59.3 cm³/mol. The fourth-order valence-corrected chi connectivity index (χ4v) is 1.28. The Morgan fingerprint density at radius 3 is 2.60 bits per heavy atom. The average molecular weight is 198 g/mol. The van der Waals surface area contributed by atoms with Gasteiger partial charge in [0.15, 0.2) is 6.29 Å². The third-order valence-electron chi connectivity index (χ3n) is 2.00. The molecule has 0 aliphatic rings. The Morgan fingerprint density at radius 2 is 1.87 bits per heavy atom. The Bertz CT molecular complexity index is 454. The molecule has 1 aromatic heterocycles. The number of carbonyl (C=O) groups excluding carboxylic acids is 1. The lowest BCUT2D eigenvalue weighted by molar-refractivity contribution is 0.112. The molecule has 0 unspecified atom stereocenters. The number of hydrogen-bond acceptors (Lipinski definition) is 3. The van der Waals surface area contributed by atoms with Gasteiger partial charge in [-0.2, -0.15) is 0 Å². The lowest BCUT2D eigenvalue weighted by atomic mass is 10.2. The summed E-state index contributed by atoms with van der Waals surface area (Å²) in [7, 11) is 0. The summed E-state index contributed by atoms with van der Waals surface area (Å²) in [6.45, 7) is 0. The van der Waals surface area contributed by atoms with Crippen LogP contribution >= 0.6 is 0 Å². The largest absolute Gasteiger partial charge is 0.340 e. The number of aldehydes is 1. The lowest BCUT2D eigenvalue weighted by Gasteiger charge is -2.06. The third kappa shape index (κ3) is 2.20. The molecule has 0 bridgehead atoms. The van der Waals surface area contributed by atoms with E-state index >= 15 is 0 Å². The molecule has 0 radical (unpaired) electrons. The molecule has 1 aromatic carbocycles. The average Bonchev–Trinajstić information content (AvgIpc) is 2.31. The molecule has 2 aromatic rings. The molecule has 0 atom stereocenters. The molecular weight excluding hydrogens is 188 g/mol. The van der Waals surface area contributed by atoms with Gasteiger partial charge in [-0.1, -0.05) is 18.2 Å². The minimum atomic E-state index is 0.557. The fraction of sp³-hybridized carbons (Fsp3) is 0. The van der Waals surface area contributed by atoms with Crippen molar-refractivity contribution in [1.29, 1.82) is 0 Å². The van der Waals surface area contributed by atoms with Gasteiger partial charge in [-0.15, -0.1) is 0 Å². The number of rotatable bonds is 3. The van der Waals surface area contributed by atoms with Crippen LogP contribution in [0.2, 0.25) is 0 Å². The Kier molecular flexibility index (Phi) is 2.74. The van der Waals surface area contributed by atoms with Crippen LogP contribution in [0.3, 0.4) is 0 Å². The van der Waals surface area contributed by atoms with Crippen LogP contribution in [0.4, 0.5) is 11.5 Å². The van der Waals surface area contributed by atoms with Crippen LogP contribution in [0.5, 0.6) is 0 Å². The standard InChI is InChI=1S/C12H10N2O/c15-9-10-5-4-8-13-12(10)14-11-6-2-1-3-7-11/h1-9H,(H,13,14). The summed E-state index contributed by atoms with van der Waals surface area (Å²) in [5.74, 6) is 0.582. The van der Waals surface area contributed by atoms with E-state index in [9.17, 15) is 4.79 Å². The van der Waals surface area contributed by atoms with E-state index in [-0.39, 0.29) is 0 Å². The van der Waals surface area contributed by atoms with Gasteiger partial charge in [-0.3, -0.25) is 4.79 Å². The number of nitrogens with one attached hydrogen (secondary N) is 1. The first-order valence-corrected chi connectivity index (χ1v) is 4.62. The van der Waals surface area contributed by atoms with Crippen LogP contribution in [0.15, 0.2) is 48.7 Å². The molecule has 0 spiro atoms. The topological polar surface area (TPSA) is 42.0 Å². The minimum absolute atomic E-state index is 0.557. The van der Waals surface area contributed by atoms with Crippen molar-refractivity contribution in [2.45, 2.75) is 0 Å². The highest BCUT2D eigenvalue weighted by Gasteiger charge is 2.01. The number of hydrogen-bond donors (Lipinski definition) is 1. The highest BCUT2D eigenvalue weighted by Crippen LogP contribution is 2.16. The summed E-state index contributed by atoms with van der Waals surface area (Å²) in [4.78, 5) is 14.8. The summed E-state index contributed by atoms with van der Waals surface area (Å²) in [5, 5.41) is 3.08.